The second-order valence-electron chi connectivity index (χ2n) is 4.21. The molecular weight excluding hydrogens is 202 g/mol. The smallest absolute Gasteiger partial charge is 0.310 e. The van der Waals surface area contributed by atoms with Crippen LogP contribution in [0.15, 0.2) is 24.3 Å². The van der Waals surface area contributed by atoms with Crippen LogP contribution in [0.2, 0.25) is 0 Å². The normalized spacial score (nSPS) is 24.4. The number of nitrogens with one attached hydrogen (secondary N) is 1. The van der Waals surface area contributed by atoms with E-state index in [0.29, 0.717) is 0 Å². The van der Waals surface area contributed by atoms with Crippen molar-refractivity contribution < 1.29 is 9.53 Å². The molecule has 1 unspecified atom stereocenters. The zero-order valence-corrected chi connectivity index (χ0v) is 9.69. The number of rotatable bonds is 2. The molecule has 0 spiro atoms. The van der Waals surface area contributed by atoms with Crippen LogP contribution in [0.25, 0.3) is 0 Å². The molecule has 0 radical (unpaired) electrons. The lowest BCUT2D eigenvalue weighted by Crippen LogP contribution is -2.25. The molecule has 2 rings (SSSR count). The Kier molecular flexibility index (Phi) is 3.25. The molecule has 1 fully saturated rings. The van der Waals surface area contributed by atoms with Gasteiger partial charge >= 0.3 is 5.97 Å². The molecule has 16 heavy (non-hydrogen) atoms. The summed E-state index contributed by atoms with van der Waals surface area (Å²) in [7, 11) is 1.45. The van der Waals surface area contributed by atoms with Gasteiger partial charge < -0.3 is 10.1 Å². The summed E-state index contributed by atoms with van der Waals surface area (Å²) in [6.07, 6.45) is 0.853. The predicted molar refractivity (Wildman–Crippen MR) is 62.0 cm³/mol. The van der Waals surface area contributed by atoms with Crippen molar-refractivity contribution in [3.05, 3.63) is 35.4 Å². The summed E-state index contributed by atoms with van der Waals surface area (Å²) < 4.78 is 4.85. The van der Waals surface area contributed by atoms with Gasteiger partial charge in [0, 0.05) is 6.04 Å². The van der Waals surface area contributed by atoms with Gasteiger partial charge in [-0.1, -0.05) is 24.3 Å². The molecule has 1 aromatic carbocycles. The molecule has 1 heterocycles. The van der Waals surface area contributed by atoms with Crippen molar-refractivity contribution in [2.45, 2.75) is 19.4 Å². The highest BCUT2D eigenvalue weighted by Gasteiger charge is 2.34. The van der Waals surface area contributed by atoms with Crippen molar-refractivity contribution in [3.63, 3.8) is 0 Å². The number of aryl methyl sites for hydroxylation is 1. The summed E-state index contributed by atoms with van der Waals surface area (Å²) in [5.41, 5.74) is 2.42. The summed E-state index contributed by atoms with van der Waals surface area (Å²) in [5.74, 6) is -0.163. The van der Waals surface area contributed by atoms with E-state index in [9.17, 15) is 4.79 Å². The van der Waals surface area contributed by atoms with Crippen LogP contribution >= 0.6 is 0 Å². The SMILES string of the molecule is COC(=O)[C@H]1CCNC1c1ccccc1C. The van der Waals surface area contributed by atoms with Gasteiger partial charge in [0.05, 0.1) is 13.0 Å². The van der Waals surface area contributed by atoms with Crippen molar-refractivity contribution in [1.82, 2.24) is 5.32 Å². The van der Waals surface area contributed by atoms with Crippen LogP contribution in [0, 0.1) is 12.8 Å². The lowest BCUT2D eigenvalue weighted by atomic mass is 9.91. The Labute approximate surface area is 95.8 Å². The highest BCUT2D eigenvalue weighted by molar-refractivity contribution is 5.74. The minimum atomic E-state index is -0.113. The van der Waals surface area contributed by atoms with E-state index < -0.39 is 0 Å². The van der Waals surface area contributed by atoms with E-state index in [2.05, 4.69) is 24.4 Å². The van der Waals surface area contributed by atoms with Crippen LogP contribution < -0.4 is 5.32 Å². The number of methoxy groups -OCH3 is 1. The van der Waals surface area contributed by atoms with Gasteiger partial charge in [-0.25, -0.2) is 0 Å². The summed E-state index contributed by atoms with van der Waals surface area (Å²) in [6, 6.07) is 8.28. The molecule has 0 saturated carbocycles. The minimum absolute atomic E-state index is 0.0499. The van der Waals surface area contributed by atoms with Gasteiger partial charge in [0.15, 0.2) is 0 Å². The van der Waals surface area contributed by atoms with E-state index in [4.69, 9.17) is 4.74 Å². The van der Waals surface area contributed by atoms with Crippen LogP contribution in [-0.2, 0) is 9.53 Å². The molecule has 3 heteroatoms. The molecule has 0 bridgehead atoms. The zero-order valence-electron chi connectivity index (χ0n) is 9.69. The van der Waals surface area contributed by atoms with Gasteiger partial charge in [-0.15, -0.1) is 0 Å². The monoisotopic (exact) mass is 219 g/mol. The molecule has 1 aromatic rings. The molecule has 2 atom stereocenters. The van der Waals surface area contributed by atoms with Crippen molar-refractivity contribution >= 4 is 5.97 Å². The van der Waals surface area contributed by atoms with Crippen molar-refractivity contribution in [2.75, 3.05) is 13.7 Å². The number of carbonyl (C=O) groups excluding carboxylic acids is 1. The summed E-state index contributed by atoms with van der Waals surface area (Å²) in [6.45, 7) is 2.95. The Balaban J connectivity index is 2.27. The van der Waals surface area contributed by atoms with Crippen LogP contribution in [0.3, 0.4) is 0 Å². The molecule has 0 amide bonds. The number of carbonyl (C=O) groups is 1. The highest BCUT2D eigenvalue weighted by Crippen LogP contribution is 2.31. The third-order valence-electron chi connectivity index (χ3n) is 3.25. The lowest BCUT2D eigenvalue weighted by Gasteiger charge is -2.19. The maximum atomic E-state index is 11.6. The van der Waals surface area contributed by atoms with Gasteiger partial charge in [-0.3, -0.25) is 4.79 Å². The average Bonchev–Trinajstić information content (AvgIpc) is 2.77. The number of ether oxygens (including phenoxy) is 1. The first kappa shape index (κ1) is 11.1. The fourth-order valence-corrected chi connectivity index (χ4v) is 2.37. The quantitative estimate of drug-likeness (QED) is 0.771. The Morgan fingerprint density at radius 3 is 2.88 bits per heavy atom. The number of hydrogen-bond donors (Lipinski definition) is 1. The average molecular weight is 219 g/mol. The Hall–Kier alpha value is -1.35. The molecule has 0 aromatic heterocycles. The van der Waals surface area contributed by atoms with Crippen molar-refractivity contribution in [2.24, 2.45) is 5.92 Å². The summed E-state index contributed by atoms with van der Waals surface area (Å²) in [5, 5.41) is 3.38. The van der Waals surface area contributed by atoms with E-state index in [-0.39, 0.29) is 17.9 Å². The minimum Gasteiger partial charge on any atom is -0.469 e. The topological polar surface area (TPSA) is 38.3 Å². The van der Waals surface area contributed by atoms with E-state index in [1.807, 2.05) is 12.1 Å². The predicted octanol–water partition coefficient (Wildman–Crippen LogP) is 1.82. The molecule has 3 nitrogen and oxygen atoms in total. The standard InChI is InChI=1S/C13H17NO2/c1-9-5-3-4-6-10(9)12-11(7-8-14-12)13(15)16-2/h3-6,11-12,14H,7-8H2,1-2H3/t11-,12?/m0/s1. The van der Waals surface area contributed by atoms with Crippen LogP contribution in [0.1, 0.15) is 23.6 Å². The van der Waals surface area contributed by atoms with Gasteiger partial charge in [0.1, 0.15) is 0 Å². The first-order chi connectivity index (χ1) is 7.74. The summed E-state index contributed by atoms with van der Waals surface area (Å²) >= 11 is 0. The van der Waals surface area contributed by atoms with E-state index in [1.54, 1.807) is 0 Å². The third kappa shape index (κ3) is 1.95. The maximum Gasteiger partial charge on any atom is 0.310 e. The van der Waals surface area contributed by atoms with E-state index >= 15 is 0 Å². The third-order valence-corrected chi connectivity index (χ3v) is 3.25. The molecule has 1 saturated heterocycles. The van der Waals surface area contributed by atoms with E-state index in [1.165, 1.54) is 18.2 Å². The van der Waals surface area contributed by atoms with E-state index in [0.717, 1.165) is 13.0 Å². The van der Waals surface area contributed by atoms with Gasteiger partial charge in [-0.2, -0.15) is 0 Å². The second-order valence-corrected chi connectivity index (χ2v) is 4.21. The van der Waals surface area contributed by atoms with Crippen LogP contribution in [-0.4, -0.2) is 19.6 Å². The van der Waals surface area contributed by atoms with Crippen LogP contribution in [0.5, 0.6) is 0 Å². The highest BCUT2D eigenvalue weighted by atomic mass is 16.5. The number of esters is 1. The summed E-state index contributed by atoms with van der Waals surface area (Å²) in [4.78, 5) is 11.6. The van der Waals surface area contributed by atoms with Gasteiger partial charge in [-0.05, 0) is 31.0 Å². The first-order valence-corrected chi connectivity index (χ1v) is 5.61. The first-order valence-electron chi connectivity index (χ1n) is 5.61. The Morgan fingerprint density at radius 2 is 2.19 bits per heavy atom. The number of benzene rings is 1. The van der Waals surface area contributed by atoms with Gasteiger partial charge in [0.25, 0.3) is 0 Å². The molecular formula is C13H17NO2. The fraction of sp³-hybridized carbons (Fsp3) is 0.462. The second kappa shape index (κ2) is 4.66. The number of hydrogen-bond acceptors (Lipinski definition) is 3. The van der Waals surface area contributed by atoms with Crippen molar-refractivity contribution in [3.8, 4) is 0 Å². The molecule has 1 aliphatic heterocycles. The van der Waals surface area contributed by atoms with Crippen molar-refractivity contribution in [1.29, 1.82) is 0 Å². The van der Waals surface area contributed by atoms with Crippen LogP contribution in [0.4, 0.5) is 0 Å². The largest absolute Gasteiger partial charge is 0.469 e. The fourth-order valence-electron chi connectivity index (χ4n) is 2.37. The Bertz CT molecular complexity index is 389. The lowest BCUT2D eigenvalue weighted by molar-refractivity contribution is -0.145. The molecule has 0 aliphatic carbocycles. The maximum absolute atomic E-state index is 11.6. The van der Waals surface area contributed by atoms with Gasteiger partial charge in [0.2, 0.25) is 0 Å². The Morgan fingerprint density at radius 1 is 1.44 bits per heavy atom. The molecule has 1 aliphatic rings. The molecule has 1 N–H and O–H groups in total. The zero-order chi connectivity index (χ0) is 11.5. The molecule has 86 valence electrons.